The Labute approximate surface area is 131 Å². The number of amidine groups is 1. The third-order valence-electron chi connectivity index (χ3n) is 2.65. The van der Waals surface area contributed by atoms with E-state index in [0.29, 0.717) is 11.1 Å². The van der Waals surface area contributed by atoms with E-state index in [0.717, 1.165) is 9.13 Å². The maximum atomic E-state index is 9.84. The lowest BCUT2D eigenvalue weighted by Crippen LogP contribution is -2.10. The predicted octanol–water partition coefficient (Wildman–Crippen LogP) is 4.13. The summed E-state index contributed by atoms with van der Waals surface area (Å²) in [6.45, 7) is 1.98. The second-order valence-corrected chi connectivity index (χ2v) is 5.49. The van der Waals surface area contributed by atoms with E-state index in [1.54, 1.807) is 24.3 Å². The van der Waals surface area contributed by atoms with Crippen LogP contribution < -0.4 is 0 Å². The molecule has 0 bridgehead atoms. The van der Waals surface area contributed by atoms with Crippen LogP contribution in [0.4, 0.5) is 0 Å². The van der Waals surface area contributed by atoms with Crippen LogP contribution in [0.15, 0.2) is 48.5 Å². The van der Waals surface area contributed by atoms with Crippen LogP contribution in [0.3, 0.4) is 0 Å². The summed E-state index contributed by atoms with van der Waals surface area (Å²) in [5.74, 6) is 0.0159. The number of hydroxylamine groups is 1. The Morgan fingerprint density at radius 1 is 1.25 bits per heavy atom. The lowest BCUT2D eigenvalue weighted by atomic mass is 10.1. The molecule has 0 fully saturated rings. The maximum absolute atomic E-state index is 9.84. The van der Waals surface area contributed by atoms with Gasteiger partial charge in [0.2, 0.25) is 6.29 Å². The van der Waals surface area contributed by atoms with Gasteiger partial charge in [-0.1, -0.05) is 64.0 Å². The summed E-state index contributed by atoms with van der Waals surface area (Å²) in [5, 5.41) is 17.7. The number of aliphatic hydroxyl groups is 2. The van der Waals surface area contributed by atoms with Crippen LogP contribution in [0.2, 0.25) is 0 Å². The third kappa shape index (κ3) is 3.96. The Hall–Kier alpha value is -1.57. The number of rotatable bonds is 4. The zero-order chi connectivity index (χ0) is 14.5. The van der Waals surface area contributed by atoms with E-state index in [9.17, 15) is 5.11 Å². The van der Waals surface area contributed by atoms with Crippen molar-refractivity contribution in [2.75, 3.05) is 0 Å². The van der Waals surface area contributed by atoms with Gasteiger partial charge in [0, 0.05) is 5.84 Å². The Kier molecular flexibility index (Phi) is 4.99. The fourth-order valence-electron chi connectivity index (χ4n) is 1.55. The van der Waals surface area contributed by atoms with Gasteiger partial charge in [0.25, 0.3) is 0 Å². The first-order valence-electron chi connectivity index (χ1n) is 5.95. The third-order valence-corrected chi connectivity index (χ3v) is 3.32. The Balaban J connectivity index is 1.94. The summed E-state index contributed by atoms with van der Waals surface area (Å²) < 4.78 is 0.996. The number of halogens is 1. The smallest absolute Gasteiger partial charge is 0.249 e. The minimum absolute atomic E-state index is 0.0159. The van der Waals surface area contributed by atoms with Crippen LogP contribution in [0.5, 0.6) is 0 Å². The molecule has 0 saturated heterocycles. The fourth-order valence-corrected chi connectivity index (χ4v) is 2.09. The molecule has 2 aromatic rings. The minimum atomic E-state index is -0.194. The van der Waals surface area contributed by atoms with Gasteiger partial charge in [-0.25, -0.2) is 0 Å². The standard InChI is InChI=1S/C15H14IN2O2/c1-10-5-7-11(8-6-10)14(17)18-20-15(19)12-3-2-4-13(16)9-12/h2-9,19-20H,1H3,(H-,17,18)/q-1. The quantitative estimate of drug-likeness (QED) is 0.205. The first-order valence-corrected chi connectivity index (χ1v) is 7.03. The molecule has 104 valence electrons. The molecule has 0 aliphatic rings. The second-order valence-electron chi connectivity index (χ2n) is 4.25. The molecule has 0 radical (unpaired) electrons. The molecule has 2 aromatic carbocycles. The van der Waals surface area contributed by atoms with E-state index in [-0.39, 0.29) is 12.1 Å². The molecule has 0 spiro atoms. The van der Waals surface area contributed by atoms with E-state index in [1.165, 1.54) is 0 Å². The van der Waals surface area contributed by atoms with Gasteiger partial charge in [0.1, 0.15) is 0 Å². The molecule has 20 heavy (non-hydrogen) atoms. The predicted molar refractivity (Wildman–Crippen MR) is 86.6 cm³/mol. The van der Waals surface area contributed by atoms with Crippen molar-refractivity contribution in [2.24, 2.45) is 0 Å². The zero-order valence-corrected chi connectivity index (χ0v) is 13.0. The van der Waals surface area contributed by atoms with Crippen LogP contribution in [-0.4, -0.2) is 15.8 Å². The highest BCUT2D eigenvalue weighted by Crippen LogP contribution is 2.17. The van der Waals surface area contributed by atoms with Crippen LogP contribution in [0.25, 0.3) is 5.48 Å². The Bertz CT molecular complexity index is 599. The van der Waals surface area contributed by atoms with Gasteiger partial charge in [0.15, 0.2) is 0 Å². The number of hydrogen-bond acceptors (Lipinski definition) is 2. The van der Waals surface area contributed by atoms with Crippen molar-refractivity contribution < 1.29 is 9.94 Å². The first kappa shape index (κ1) is 14.8. The van der Waals surface area contributed by atoms with Crippen molar-refractivity contribution in [1.82, 2.24) is 0 Å². The van der Waals surface area contributed by atoms with Gasteiger partial charge in [-0.05, 0) is 16.1 Å². The SMILES string of the molecule is Cc1ccc(C(=N)[N-][OH+][C-](O)c2cccc(I)c2)cc1. The van der Waals surface area contributed by atoms with Crippen molar-refractivity contribution >= 4 is 28.4 Å². The van der Waals surface area contributed by atoms with E-state index in [4.69, 9.17) is 5.41 Å². The van der Waals surface area contributed by atoms with Crippen molar-refractivity contribution in [2.45, 2.75) is 6.92 Å². The number of benzene rings is 2. The number of aryl methyl sites for hydroxylation is 1. The monoisotopic (exact) mass is 381 g/mol. The highest BCUT2D eigenvalue weighted by Gasteiger charge is 2.06. The largest absolute Gasteiger partial charge is 0.476 e. The van der Waals surface area contributed by atoms with Crippen molar-refractivity contribution in [3.63, 3.8) is 0 Å². The highest BCUT2D eigenvalue weighted by atomic mass is 127. The fraction of sp³-hybridized carbons (Fsp3) is 0.0667. The van der Waals surface area contributed by atoms with Crippen LogP contribution in [0, 0.1) is 22.2 Å². The highest BCUT2D eigenvalue weighted by molar-refractivity contribution is 14.1. The number of nitrogens with zero attached hydrogens (tertiary/aromatic N) is 1. The number of hydrogen-bond donors (Lipinski definition) is 2. The molecule has 3 N–H and O–H groups in total. The van der Waals surface area contributed by atoms with E-state index < -0.39 is 0 Å². The summed E-state index contributed by atoms with van der Waals surface area (Å²) in [7, 11) is 0. The van der Waals surface area contributed by atoms with Gasteiger partial charge in [-0.15, -0.1) is 12.1 Å². The van der Waals surface area contributed by atoms with Crippen LogP contribution in [0.1, 0.15) is 16.7 Å². The van der Waals surface area contributed by atoms with Gasteiger partial charge >= 0.3 is 0 Å². The Morgan fingerprint density at radius 3 is 2.60 bits per heavy atom. The molecule has 0 saturated carbocycles. The van der Waals surface area contributed by atoms with Gasteiger partial charge in [0.05, 0.1) is 0 Å². The molecule has 4 nitrogen and oxygen atoms in total. The lowest BCUT2D eigenvalue weighted by molar-refractivity contribution is -0.0418. The van der Waals surface area contributed by atoms with Crippen molar-refractivity contribution in [1.29, 1.82) is 5.41 Å². The molecule has 2 rings (SSSR count). The van der Waals surface area contributed by atoms with Crippen molar-refractivity contribution in [3.8, 4) is 0 Å². The maximum Gasteiger partial charge on any atom is 0.249 e. The van der Waals surface area contributed by atoms with E-state index in [2.05, 4.69) is 32.9 Å². The molecule has 0 aromatic heterocycles. The van der Waals surface area contributed by atoms with E-state index >= 15 is 0 Å². The molecule has 0 heterocycles. The molecule has 0 aliphatic carbocycles. The average Bonchev–Trinajstić information content (AvgIpc) is 2.45. The lowest BCUT2D eigenvalue weighted by Gasteiger charge is -2.18. The van der Waals surface area contributed by atoms with Crippen molar-refractivity contribution in [3.05, 3.63) is 80.6 Å². The summed E-state index contributed by atoms with van der Waals surface area (Å²) in [5.41, 5.74) is 6.11. The molecule has 0 amide bonds. The molecule has 0 atom stereocenters. The summed E-state index contributed by atoms with van der Waals surface area (Å²) in [6, 6.07) is 14.7. The topological polar surface area (TPSA) is 71.0 Å². The van der Waals surface area contributed by atoms with Crippen LogP contribution in [-0.2, 0) is 0 Å². The van der Waals surface area contributed by atoms with Gasteiger partial charge in [-0.2, -0.15) is 11.5 Å². The zero-order valence-electron chi connectivity index (χ0n) is 10.8. The van der Waals surface area contributed by atoms with Gasteiger partial charge in [-0.3, -0.25) is 0 Å². The van der Waals surface area contributed by atoms with Crippen LogP contribution >= 0.6 is 22.6 Å². The molecular formula is C15H14IN2O2-. The summed E-state index contributed by atoms with van der Waals surface area (Å²) in [6.07, 6.45) is -0.194. The normalized spacial score (nSPS) is 10.2. The second kappa shape index (κ2) is 6.74. The average molecular weight is 381 g/mol. The van der Waals surface area contributed by atoms with E-state index in [1.807, 2.05) is 31.2 Å². The minimum Gasteiger partial charge on any atom is -0.476 e. The van der Waals surface area contributed by atoms with Gasteiger partial charge < -0.3 is 15.4 Å². The molecule has 5 heteroatoms. The molecule has 0 aliphatic heterocycles. The first-order chi connectivity index (χ1) is 9.56. The Morgan fingerprint density at radius 2 is 1.95 bits per heavy atom. The molecule has 0 unspecified atom stereocenters. The molecular weight excluding hydrogens is 367 g/mol. The summed E-state index contributed by atoms with van der Waals surface area (Å²) >= 11 is 2.15. The number of nitrogens with one attached hydrogen (secondary N) is 1. The number of aliphatic hydroxyl groups excluding tert-OH is 1. The summed E-state index contributed by atoms with van der Waals surface area (Å²) in [4.78, 5) is 3.70.